The molecule has 94 valence electrons. The number of para-hydroxylation sites is 2. The molecular formula is C15H17NO2. The van der Waals surface area contributed by atoms with Crippen LogP contribution in [0.3, 0.4) is 0 Å². The van der Waals surface area contributed by atoms with Gasteiger partial charge in [-0.25, -0.2) is 0 Å². The highest BCUT2D eigenvalue weighted by Gasteiger charge is 2.05. The SMILES string of the molecule is COc1ccccc1OCc1cccc(N)c1C. The minimum absolute atomic E-state index is 0.483. The van der Waals surface area contributed by atoms with Gasteiger partial charge in [0.15, 0.2) is 11.5 Å². The quantitative estimate of drug-likeness (QED) is 0.839. The van der Waals surface area contributed by atoms with E-state index in [2.05, 4.69) is 0 Å². The Kier molecular flexibility index (Phi) is 3.72. The van der Waals surface area contributed by atoms with Crippen LogP contribution in [0.2, 0.25) is 0 Å². The first kappa shape index (κ1) is 12.3. The highest BCUT2D eigenvalue weighted by molar-refractivity contribution is 5.50. The average molecular weight is 243 g/mol. The number of anilines is 1. The lowest BCUT2D eigenvalue weighted by molar-refractivity contribution is 0.284. The monoisotopic (exact) mass is 243 g/mol. The van der Waals surface area contributed by atoms with Crippen molar-refractivity contribution in [1.29, 1.82) is 0 Å². The summed E-state index contributed by atoms with van der Waals surface area (Å²) in [5.74, 6) is 1.47. The summed E-state index contributed by atoms with van der Waals surface area (Å²) < 4.78 is 11.0. The van der Waals surface area contributed by atoms with E-state index in [1.165, 1.54) is 0 Å². The molecule has 2 aromatic carbocycles. The Labute approximate surface area is 107 Å². The molecule has 0 aliphatic heterocycles. The molecule has 0 unspecified atom stereocenters. The van der Waals surface area contributed by atoms with Gasteiger partial charge in [-0.2, -0.15) is 0 Å². The maximum absolute atomic E-state index is 5.87. The number of hydrogen-bond donors (Lipinski definition) is 1. The van der Waals surface area contributed by atoms with Crippen LogP contribution >= 0.6 is 0 Å². The summed E-state index contributed by atoms with van der Waals surface area (Å²) in [6.45, 7) is 2.48. The Morgan fingerprint density at radius 2 is 1.72 bits per heavy atom. The lowest BCUT2D eigenvalue weighted by atomic mass is 10.1. The Bertz CT molecular complexity index is 538. The second-order valence-corrected chi connectivity index (χ2v) is 4.07. The maximum atomic E-state index is 5.87. The molecule has 0 aromatic heterocycles. The molecule has 18 heavy (non-hydrogen) atoms. The van der Waals surface area contributed by atoms with Gasteiger partial charge >= 0.3 is 0 Å². The van der Waals surface area contributed by atoms with E-state index in [1.807, 2.05) is 49.4 Å². The molecule has 0 fully saturated rings. The third-order valence-electron chi connectivity index (χ3n) is 2.94. The predicted octanol–water partition coefficient (Wildman–Crippen LogP) is 3.16. The van der Waals surface area contributed by atoms with Crippen molar-refractivity contribution in [3.63, 3.8) is 0 Å². The Balaban J connectivity index is 2.14. The van der Waals surface area contributed by atoms with E-state index in [-0.39, 0.29) is 0 Å². The summed E-state index contributed by atoms with van der Waals surface area (Å²) in [7, 11) is 1.63. The van der Waals surface area contributed by atoms with Crippen LogP contribution in [0.5, 0.6) is 11.5 Å². The maximum Gasteiger partial charge on any atom is 0.161 e. The van der Waals surface area contributed by atoms with Gasteiger partial charge in [-0.1, -0.05) is 24.3 Å². The molecule has 2 N–H and O–H groups in total. The molecule has 0 atom stereocenters. The molecule has 3 nitrogen and oxygen atoms in total. The molecule has 0 saturated carbocycles. The lowest BCUT2D eigenvalue weighted by Gasteiger charge is -2.12. The topological polar surface area (TPSA) is 44.5 Å². The fraction of sp³-hybridized carbons (Fsp3) is 0.200. The van der Waals surface area contributed by atoms with Crippen molar-refractivity contribution in [2.75, 3.05) is 12.8 Å². The first-order chi connectivity index (χ1) is 8.72. The van der Waals surface area contributed by atoms with E-state index in [1.54, 1.807) is 7.11 Å². The third-order valence-corrected chi connectivity index (χ3v) is 2.94. The van der Waals surface area contributed by atoms with Crippen molar-refractivity contribution < 1.29 is 9.47 Å². The molecule has 0 amide bonds. The van der Waals surface area contributed by atoms with Gasteiger partial charge in [0.05, 0.1) is 7.11 Å². The molecule has 0 spiro atoms. The van der Waals surface area contributed by atoms with Crippen LogP contribution in [0, 0.1) is 6.92 Å². The number of nitrogen functional groups attached to an aromatic ring is 1. The van der Waals surface area contributed by atoms with Crippen LogP contribution in [-0.2, 0) is 6.61 Å². The summed E-state index contributed by atoms with van der Waals surface area (Å²) in [4.78, 5) is 0. The highest BCUT2D eigenvalue weighted by atomic mass is 16.5. The van der Waals surface area contributed by atoms with Crippen molar-refractivity contribution in [1.82, 2.24) is 0 Å². The number of hydrogen-bond acceptors (Lipinski definition) is 3. The zero-order valence-electron chi connectivity index (χ0n) is 10.6. The van der Waals surface area contributed by atoms with Crippen LogP contribution in [0.4, 0.5) is 5.69 Å². The van der Waals surface area contributed by atoms with Crippen LogP contribution in [0.25, 0.3) is 0 Å². The van der Waals surface area contributed by atoms with Gasteiger partial charge in [0.25, 0.3) is 0 Å². The normalized spacial score (nSPS) is 10.1. The lowest BCUT2D eigenvalue weighted by Crippen LogP contribution is -2.01. The van der Waals surface area contributed by atoms with Crippen LogP contribution < -0.4 is 15.2 Å². The smallest absolute Gasteiger partial charge is 0.161 e. The summed E-state index contributed by atoms with van der Waals surface area (Å²) in [6.07, 6.45) is 0. The summed E-state index contributed by atoms with van der Waals surface area (Å²) in [6, 6.07) is 13.4. The Morgan fingerprint density at radius 3 is 2.44 bits per heavy atom. The summed E-state index contributed by atoms with van der Waals surface area (Å²) in [5.41, 5.74) is 8.80. The van der Waals surface area contributed by atoms with E-state index >= 15 is 0 Å². The van der Waals surface area contributed by atoms with E-state index < -0.39 is 0 Å². The van der Waals surface area contributed by atoms with E-state index in [9.17, 15) is 0 Å². The summed E-state index contributed by atoms with van der Waals surface area (Å²) >= 11 is 0. The van der Waals surface area contributed by atoms with E-state index in [0.717, 1.165) is 28.3 Å². The molecule has 2 aromatic rings. The fourth-order valence-corrected chi connectivity index (χ4v) is 1.75. The fourth-order valence-electron chi connectivity index (χ4n) is 1.75. The van der Waals surface area contributed by atoms with Crippen molar-refractivity contribution in [3.05, 3.63) is 53.6 Å². The van der Waals surface area contributed by atoms with E-state index in [0.29, 0.717) is 6.61 Å². The first-order valence-corrected chi connectivity index (χ1v) is 5.82. The van der Waals surface area contributed by atoms with Gasteiger partial charge in [0.1, 0.15) is 6.61 Å². The number of nitrogens with two attached hydrogens (primary N) is 1. The molecule has 3 heteroatoms. The molecular weight excluding hydrogens is 226 g/mol. The molecule has 0 radical (unpaired) electrons. The molecule has 0 bridgehead atoms. The standard InChI is InChI=1S/C15H17NO2/c1-11-12(6-5-7-13(11)16)10-18-15-9-4-3-8-14(15)17-2/h3-9H,10,16H2,1-2H3. The van der Waals surface area contributed by atoms with Gasteiger partial charge in [-0.3, -0.25) is 0 Å². The van der Waals surface area contributed by atoms with Crippen LogP contribution in [-0.4, -0.2) is 7.11 Å². The van der Waals surface area contributed by atoms with Gasteiger partial charge in [0, 0.05) is 5.69 Å². The molecule has 0 aliphatic carbocycles. The zero-order chi connectivity index (χ0) is 13.0. The zero-order valence-corrected chi connectivity index (χ0v) is 10.6. The van der Waals surface area contributed by atoms with Gasteiger partial charge in [0.2, 0.25) is 0 Å². The molecule has 0 aliphatic rings. The molecule has 0 heterocycles. The second-order valence-electron chi connectivity index (χ2n) is 4.07. The highest BCUT2D eigenvalue weighted by Crippen LogP contribution is 2.27. The van der Waals surface area contributed by atoms with Crippen molar-refractivity contribution in [3.8, 4) is 11.5 Å². The minimum atomic E-state index is 0.483. The van der Waals surface area contributed by atoms with Crippen LogP contribution in [0.15, 0.2) is 42.5 Å². The van der Waals surface area contributed by atoms with Gasteiger partial charge < -0.3 is 15.2 Å². The van der Waals surface area contributed by atoms with Gasteiger partial charge in [-0.05, 0) is 36.2 Å². The first-order valence-electron chi connectivity index (χ1n) is 5.82. The van der Waals surface area contributed by atoms with E-state index in [4.69, 9.17) is 15.2 Å². The Hall–Kier alpha value is -2.16. The number of ether oxygens (including phenoxy) is 2. The van der Waals surface area contributed by atoms with Crippen LogP contribution in [0.1, 0.15) is 11.1 Å². The number of methoxy groups -OCH3 is 1. The van der Waals surface area contributed by atoms with Crippen molar-refractivity contribution in [2.45, 2.75) is 13.5 Å². The molecule has 2 rings (SSSR count). The van der Waals surface area contributed by atoms with Crippen molar-refractivity contribution >= 4 is 5.69 Å². The number of rotatable bonds is 4. The Morgan fingerprint density at radius 1 is 1.00 bits per heavy atom. The van der Waals surface area contributed by atoms with Gasteiger partial charge in [-0.15, -0.1) is 0 Å². The largest absolute Gasteiger partial charge is 0.493 e. The molecule has 0 saturated heterocycles. The number of benzene rings is 2. The average Bonchev–Trinajstić information content (AvgIpc) is 2.41. The van der Waals surface area contributed by atoms with Crippen molar-refractivity contribution in [2.24, 2.45) is 0 Å². The summed E-state index contributed by atoms with van der Waals surface area (Å²) in [5, 5.41) is 0. The third kappa shape index (κ3) is 2.56. The predicted molar refractivity (Wildman–Crippen MR) is 72.9 cm³/mol. The minimum Gasteiger partial charge on any atom is -0.493 e. The second kappa shape index (κ2) is 5.45.